The smallest absolute Gasteiger partial charge is 0.416 e. The Hall–Kier alpha value is -3.25. The van der Waals surface area contributed by atoms with E-state index in [9.17, 15) is 26.4 Å². The van der Waals surface area contributed by atoms with Crippen LogP contribution in [-0.2, 0) is 32.3 Å². The summed E-state index contributed by atoms with van der Waals surface area (Å²) >= 11 is 0. The molecule has 8 nitrogen and oxygen atoms in total. The summed E-state index contributed by atoms with van der Waals surface area (Å²) in [5.74, 6) is -0.899. The molecule has 0 spiro atoms. The molecule has 1 atom stereocenters. The number of fused-ring (bicyclic) bond motifs is 2. The van der Waals surface area contributed by atoms with Crippen molar-refractivity contribution in [1.29, 1.82) is 0 Å². The molecule has 2 aromatic carbocycles. The average molecular weight is 498 g/mol. The summed E-state index contributed by atoms with van der Waals surface area (Å²) in [6.07, 6.45) is -5.88. The first-order chi connectivity index (χ1) is 15.9. The Kier molecular flexibility index (Phi) is 5.98. The van der Waals surface area contributed by atoms with E-state index in [4.69, 9.17) is 14.6 Å². The molecule has 1 aliphatic heterocycles. The maximum atomic E-state index is 13.7. The van der Waals surface area contributed by atoms with E-state index < -0.39 is 40.4 Å². The highest BCUT2D eigenvalue weighted by molar-refractivity contribution is 7.90. The molecule has 0 radical (unpaired) electrons. The fourth-order valence-electron chi connectivity index (χ4n) is 3.69. The maximum absolute atomic E-state index is 13.7. The van der Waals surface area contributed by atoms with E-state index in [2.05, 4.69) is 0 Å². The number of alkyl halides is 3. The molecule has 1 aliphatic rings. The maximum Gasteiger partial charge on any atom is 0.416 e. The Balaban J connectivity index is 1.86. The van der Waals surface area contributed by atoms with Gasteiger partial charge in [0, 0.05) is 18.5 Å². The van der Waals surface area contributed by atoms with Gasteiger partial charge in [0.25, 0.3) is 10.0 Å². The van der Waals surface area contributed by atoms with Gasteiger partial charge in [0.1, 0.15) is 12.4 Å². The number of benzene rings is 2. The molecule has 3 aromatic rings. The zero-order chi connectivity index (χ0) is 24.8. The molecule has 12 heteroatoms. The van der Waals surface area contributed by atoms with Gasteiger partial charge in [-0.15, -0.1) is 0 Å². The third-order valence-corrected chi connectivity index (χ3v) is 7.31. The predicted molar refractivity (Wildman–Crippen MR) is 117 cm³/mol. The minimum Gasteiger partial charge on any atom is -0.490 e. The summed E-state index contributed by atoms with van der Waals surface area (Å²) in [6.45, 7) is 1.81. The number of aromatic nitrogens is 1. The van der Waals surface area contributed by atoms with Gasteiger partial charge >= 0.3 is 12.1 Å². The van der Waals surface area contributed by atoms with Crippen LogP contribution in [0.1, 0.15) is 18.2 Å². The highest BCUT2D eigenvalue weighted by atomic mass is 32.2. The first kappa shape index (κ1) is 23.9. The molecular formula is C22H21F3N2O6S. The number of carbonyl (C=O) groups is 1. The Morgan fingerprint density at radius 3 is 2.62 bits per heavy atom. The highest BCUT2D eigenvalue weighted by Crippen LogP contribution is 2.36. The minimum atomic E-state index is -4.62. The van der Waals surface area contributed by atoms with Gasteiger partial charge in [-0.05, 0) is 43.3 Å². The summed E-state index contributed by atoms with van der Waals surface area (Å²) in [7, 11) is -2.47. The SMILES string of the molecule is CC(OCc1cc2cc(C(F)(F)F)ccc2n1S(=O)(=O)c1ccc2c(c1)OCCN2C)C(=O)O. The fourth-order valence-corrected chi connectivity index (χ4v) is 5.24. The standard InChI is InChI=1S/C22H21F3N2O6S/c1-13(21(28)29)33-12-16-10-14-9-15(22(23,24)25)3-5-18(14)27(16)34(30,31)17-4-6-19-20(11-17)32-8-7-26(19)2/h3-6,9-11,13H,7-8,12H2,1-2H3,(H,28,29). The zero-order valence-electron chi connectivity index (χ0n) is 18.2. The Labute approximate surface area is 193 Å². The van der Waals surface area contributed by atoms with Crippen LogP contribution in [0, 0.1) is 0 Å². The van der Waals surface area contributed by atoms with Gasteiger partial charge in [0.2, 0.25) is 0 Å². The third kappa shape index (κ3) is 4.30. The van der Waals surface area contributed by atoms with Crippen molar-refractivity contribution in [3.05, 3.63) is 53.7 Å². The van der Waals surface area contributed by atoms with Gasteiger partial charge in [-0.1, -0.05) is 0 Å². The van der Waals surface area contributed by atoms with E-state index in [1.165, 1.54) is 25.1 Å². The summed E-state index contributed by atoms with van der Waals surface area (Å²) in [6, 6.07) is 8.31. The second kappa shape index (κ2) is 8.51. The van der Waals surface area contributed by atoms with E-state index in [0.29, 0.717) is 24.6 Å². The summed E-state index contributed by atoms with van der Waals surface area (Å²) in [5.41, 5.74) is -0.245. The van der Waals surface area contributed by atoms with Crippen molar-refractivity contribution in [3.8, 4) is 5.75 Å². The van der Waals surface area contributed by atoms with Gasteiger partial charge in [0.05, 0.1) is 40.5 Å². The number of nitrogens with zero attached hydrogens (tertiary/aromatic N) is 2. The summed E-state index contributed by atoms with van der Waals surface area (Å²) < 4.78 is 78.7. The number of aliphatic carboxylic acids is 1. The van der Waals surface area contributed by atoms with Crippen molar-refractivity contribution in [2.75, 3.05) is 25.1 Å². The second-order valence-corrected chi connectivity index (χ2v) is 9.65. The molecule has 0 saturated carbocycles. The quantitative estimate of drug-likeness (QED) is 0.553. The Bertz CT molecular complexity index is 1370. The van der Waals surface area contributed by atoms with Crippen LogP contribution >= 0.6 is 0 Å². The van der Waals surface area contributed by atoms with E-state index >= 15 is 0 Å². The first-order valence-electron chi connectivity index (χ1n) is 10.2. The highest BCUT2D eigenvalue weighted by Gasteiger charge is 2.32. The molecule has 4 rings (SSSR count). The van der Waals surface area contributed by atoms with Crippen molar-refractivity contribution in [1.82, 2.24) is 3.97 Å². The summed E-state index contributed by atoms with van der Waals surface area (Å²) in [4.78, 5) is 12.9. The Morgan fingerprint density at radius 1 is 1.21 bits per heavy atom. The van der Waals surface area contributed by atoms with Crippen LogP contribution in [0.5, 0.6) is 5.75 Å². The van der Waals surface area contributed by atoms with E-state index in [0.717, 1.165) is 22.2 Å². The largest absolute Gasteiger partial charge is 0.490 e. The lowest BCUT2D eigenvalue weighted by Gasteiger charge is -2.28. The molecule has 0 saturated heterocycles. The number of hydrogen-bond acceptors (Lipinski definition) is 6. The van der Waals surface area contributed by atoms with Crippen LogP contribution in [0.4, 0.5) is 18.9 Å². The molecule has 1 aromatic heterocycles. The number of rotatable bonds is 6. The number of likely N-dealkylation sites (N-methyl/N-ethyl adjacent to an activating group) is 1. The third-order valence-electron chi connectivity index (χ3n) is 5.55. The lowest BCUT2D eigenvalue weighted by molar-refractivity contribution is -0.150. The average Bonchev–Trinajstić information content (AvgIpc) is 3.15. The predicted octanol–water partition coefficient (Wildman–Crippen LogP) is 3.72. The molecule has 0 bridgehead atoms. The van der Waals surface area contributed by atoms with Crippen molar-refractivity contribution >= 4 is 32.6 Å². The lowest BCUT2D eigenvalue weighted by atomic mass is 10.1. The lowest BCUT2D eigenvalue weighted by Crippen LogP contribution is -2.29. The first-order valence-corrected chi connectivity index (χ1v) is 11.6. The van der Waals surface area contributed by atoms with E-state index in [1.807, 2.05) is 11.9 Å². The topological polar surface area (TPSA) is 98.1 Å². The van der Waals surface area contributed by atoms with Crippen LogP contribution in [0.2, 0.25) is 0 Å². The molecular weight excluding hydrogens is 477 g/mol. The van der Waals surface area contributed by atoms with E-state index in [1.54, 1.807) is 6.07 Å². The van der Waals surface area contributed by atoms with E-state index in [-0.39, 0.29) is 21.5 Å². The van der Waals surface area contributed by atoms with Crippen LogP contribution < -0.4 is 9.64 Å². The number of hydrogen-bond donors (Lipinski definition) is 1. The molecule has 2 heterocycles. The van der Waals surface area contributed by atoms with Crippen molar-refractivity contribution in [2.24, 2.45) is 0 Å². The van der Waals surface area contributed by atoms with Gasteiger partial charge in [0.15, 0.2) is 6.10 Å². The molecule has 1 unspecified atom stereocenters. The number of anilines is 1. The van der Waals surface area contributed by atoms with Crippen LogP contribution in [-0.4, -0.2) is 49.8 Å². The van der Waals surface area contributed by atoms with Crippen molar-refractivity contribution in [3.63, 3.8) is 0 Å². The number of ether oxygens (including phenoxy) is 2. The van der Waals surface area contributed by atoms with Crippen molar-refractivity contribution in [2.45, 2.75) is 30.7 Å². The van der Waals surface area contributed by atoms with Crippen LogP contribution in [0.15, 0.2) is 47.4 Å². The van der Waals surface area contributed by atoms with Gasteiger partial charge in [-0.25, -0.2) is 17.2 Å². The molecule has 1 N–H and O–H groups in total. The molecule has 182 valence electrons. The number of carboxylic acids is 1. The molecule has 0 aliphatic carbocycles. The van der Waals surface area contributed by atoms with Crippen LogP contribution in [0.25, 0.3) is 10.9 Å². The molecule has 0 fully saturated rings. The normalized spacial score (nSPS) is 15.1. The van der Waals surface area contributed by atoms with Crippen LogP contribution in [0.3, 0.4) is 0 Å². The number of carboxylic acid groups (broad SMARTS) is 1. The summed E-state index contributed by atoms with van der Waals surface area (Å²) in [5, 5.41) is 9.10. The van der Waals surface area contributed by atoms with Crippen molar-refractivity contribution < 1.29 is 41.0 Å². The Morgan fingerprint density at radius 2 is 1.94 bits per heavy atom. The minimum absolute atomic E-state index is 0.00494. The van der Waals surface area contributed by atoms with Gasteiger partial charge in [-0.2, -0.15) is 13.2 Å². The van der Waals surface area contributed by atoms with Gasteiger partial charge < -0.3 is 19.5 Å². The monoisotopic (exact) mass is 498 g/mol. The van der Waals surface area contributed by atoms with Gasteiger partial charge in [-0.3, -0.25) is 0 Å². The number of halogens is 3. The molecule has 0 amide bonds. The zero-order valence-corrected chi connectivity index (χ0v) is 19.0. The molecule has 34 heavy (non-hydrogen) atoms. The fraction of sp³-hybridized carbons (Fsp3) is 0.318. The second-order valence-electron chi connectivity index (χ2n) is 7.87.